The third-order valence-corrected chi connectivity index (χ3v) is 3.15. The quantitative estimate of drug-likeness (QED) is 0.795. The molecule has 0 saturated carbocycles. The Balaban J connectivity index is 2.13. The fraction of sp³-hybridized carbons (Fsp3) is 0.0625. The van der Waals surface area contributed by atoms with Gasteiger partial charge in [0.1, 0.15) is 17.6 Å². The molecule has 21 heavy (non-hydrogen) atoms. The number of rotatable bonds is 3. The smallest absolute Gasteiger partial charge is 0.339 e. The van der Waals surface area contributed by atoms with Crippen LogP contribution >= 0.6 is 0 Å². The summed E-state index contributed by atoms with van der Waals surface area (Å²) in [5.74, 6) is -0.390. The number of aromatic nitrogens is 2. The summed E-state index contributed by atoms with van der Waals surface area (Å²) in [6, 6.07) is 12.4. The van der Waals surface area contributed by atoms with Crippen LogP contribution in [0.2, 0.25) is 0 Å². The van der Waals surface area contributed by atoms with Crippen LogP contribution in [0.1, 0.15) is 15.9 Å². The van der Waals surface area contributed by atoms with Gasteiger partial charge in [0.25, 0.3) is 0 Å². The molecule has 3 aromatic rings. The zero-order chi connectivity index (χ0) is 14.8. The first-order chi connectivity index (χ1) is 10.2. The van der Waals surface area contributed by atoms with Gasteiger partial charge >= 0.3 is 5.97 Å². The molecule has 0 spiro atoms. The van der Waals surface area contributed by atoms with Crippen LogP contribution in [0, 0.1) is 6.92 Å². The topological polar surface area (TPSA) is 72.3 Å². The highest BCUT2D eigenvalue weighted by Crippen LogP contribution is 2.31. The van der Waals surface area contributed by atoms with Crippen molar-refractivity contribution in [3.05, 3.63) is 59.9 Å². The molecule has 0 unspecified atom stereocenters. The summed E-state index contributed by atoms with van der Waals surface area (Å²) in [6.07, 6.45) is 1.40. The number of carboxylic acids is 1. The van der Waals surface area contributed by atoms with E-state index in [0.717, 1.165) is 16.5 Å². The molecule has 3 rings (SSSR count). The van der Waals surface area contributed by atoms with Crippen LogP contribution in [0.5, 0.6) is 11.6 Å². The van der Waals surface area contributed by atoms with Gasteiger partial charge in [-0.15, -0.1) is 0 Å². The lowest BCUT2D eigenvalue weighted by Gasteiger charge is -2.12. The molecule has 0 aliphatic rings. The van der Waals surface area contributed by atoms with Gasteiger partial charge in [-0.05, 0) is 30.7 Å². The van der Waals surface area contributed by atoms with Gasteiger partial charge < -0.3 is 9.84 Å². The van der Waals surface area contributed by atoms with E-state index in [2.05, 4.69) is 9.97 Å². The Morgan fingerprint density at radius 3 is 2.71 bits per heavy atom. The van der Waals surface area contributed by atoms with Crippen LogP contribution in [0.25, 0.3) is 10.9 Å². The second-order valence-corrected chi connectivity index (χ2v) is 4.55. The number of carboxylic acid groups (broad SMARTS) is 1. The zero-order valence-electron chi connectivity index (χ0n) is 11.3. The molecular formula is C16H12N2O3. The molecule has 104 valence electrons. The van der Waals surface area contributed by atoms with Crippen molar-refractivity contribution in [3.8, 4) is 11.6 Å². The van der Waals surface area contributed by atoms with E-state index in [9.17, 15) is 9.90 Å². The molecule has 1 N–H and O–H groups in total. The maximum Gasteiger partial charge on any atom is 0.339 e. The molecule has 0 bridgehead atoms. The van der Waals surface area contributed by atoms with Crippen molar-refractivity contribution >= 4 is 16.9 Å². The SMILES string of the molecule is Cc1cccc(C(=O)O)c1Oc1ncnc2ccccc12. The number of carbonyl (C=O) groups is 1. The highest BCUT2D eigenvalue weighted by Gasteiger charge is 2.16. The molecule has 0 fully saturated rings. The Morgan fingerprint density at radius 2 is 1.90 bits per heavy atom. The monoisotopic (exact) mass is 280 g/mol. The molecule has 2 aromatic carbocycles. The largest absolute Gasteiger partial charge is 0.478 e. The first kappa shape index (κ1) is 13.1. The molecule has 5 heteroatoms. The number of aryl methyl sites for hydroxylation is 1. The lowest BCUT2D eigenvalue weighted by atomic mass is 10.1. The minimum absolute atomic E-state index is 0.109. The number of nitrogens with zero attached hydrogens (tertiary/aromatic N) is 2. The molecular weight excluding hydrogens is 268 g/mol. The van der Waals surface area contributed by atoms with Crippen molar-refractivity contribution in [2.45, 2.75) is 6.92 Å². The van der Waals surface area contributed by atoms with Crippen molar-refractivity contribution < 1.29 is 14.6 Å². The van der Waals surface area contributed by atoms with E-state index < -0.39 is 5.97 Å². The van der Waals surface area contributed by atoms with Crippen LogP contribution in [-0.2, 0) is 0 Å². The average Bonchev–Trinajstić information content (AvgIpc) is 2.49. The van der Waals surface area contributed by atoms with E-state index in [1.807, 2.05) is 24.3 Å². The Kier molecular flexibility index (Phi) is 3.23. The molecule has 1 aromatic heterocycles. The third-order valence-electron chi connectivity index (χ3n) is 3.15. The molecule has 0 saturated heterocycles. The van der Waals surface area contributed by atoms with Gasteiger partial charge in [-0.25, -0.2) is 14.8 Å². The summed E-state index contributed by atoms with van der Waals surface area (Å²) in [5.41, 5.74) is 1.59. The first-order valence-corrected chi connectivity index (χ1v) is 6.37. The molecule has 5 nitrogen and oxygen atoms in total. The second-order valence-electron chi connectivity index (χ2n) is 4.55. The number of benzene rings is 2. The summed E-state index contributed by atoms with van der Waals surface area (Å²) in [4.78, 5) is 19.6. The summed E-state index contributed by atoms with van der Waals surface area (Å²) in [5, 5.41) is 10.0. The molecule has 0 aliphatic heterocycles. The van der Waals surface area contributed by atoms with Gasteiger partial charge in [-0.1, -0.05) is 24.3 Å². The minimum atomic E-state index is -1.04. The number of hydrogen-bond acceptors (Lipinski definition) is 4. The van der Waals surface area contributed by atoms with E-state index in [1.165, 1.54) is 12.4 Å². The number of aromatic carboxylic acids is 1. The van der Waals surface area contributed by atoms with Crippen LogP contribution < -0.4 is 4.74 Å². The second kappa shape index (κ2) is 5.20. The van der Waals surface area contributed by atoms with Gasteiger partial charge in [0, 0.05) is 0 Å². The molecule has 0 amide bonds. The fourth-order valence-corrected chi connectivity index (χ4v) is 2.11. The number of para-hydroxylation sites is 2. The number of ether oxygens (including phenoxy) is 1. The summed E-state index contributed by atoms with van der Waals surface area (Å²) in [6.45, 7) is 1.80. The van der Waals surface area contributed by atoms with Crippen molar-refractivity contribution in [1.29, 1.82) is 0 Å². The fourth-order valence-electron chi connectivity index (χ4n) is 2.11. The predicted octanol–water partition coefficient (Wildman–Crippen LogP) is 3.43. The normalized spacial score (nSPS) is 10.5. The van der Waals surface area contributed by atoms with Crippen LogP contribution in [0.4, 0.5) is 0 Å². The first-order valence-electron chi connectivity index (χ1n) is 6.37. The maximum absolute atomic E-state index is 11.3. The van der Waals surface area contributed by atoms with Gasteiger partial charge in [0.2, 0.25) is 5.88 Å². The standard InChI is InChI=1S/C16H12N2O3/c1-10-5-4-7-12(16(19)20)14(10)21-15-11-6-2-3-8-13(11)17-9-18-15/h2-9H,1H3,(H,19,20). The highest BCUT2D eigenvalue weighted by molar-refractivity contribution is 5.92. The van der Waals surface area contributed by atoms with Crippen LogP contribution in [0.15, 0.2) is 48.8 Å². The molecule has 0 aliphatic carbocycles. The van der Waals surface area contributed by atoms with Crippen molar-refractivity contribution in [2.24, 2.45) is 0 Å². The number of fused-ring (bicyclic) bond motifs is 1. The van der Waals surface area contributed by atoms with E-state index >= 15 is 0 Å². The van der Waals surface area contributed by atoms with Gasteiger partial charge in [-0.2, -0.15) is 0 Å². The molecule has 0 radical (unpaired) electrons. The van der Waals surface area contributed by atoms with E-state index in [4.69, 9.17) is 4.74 Å². The van der Waals surface area contributed by atoms with Gasteiger partial charge in [0.15, 0.2) is 0 Å². The minimum Gasteiger partial charge on any atom is -0.478 e. The Bertz CT molecular complexity index is 825. The van der Waals surface area contributed by atoms with Crippen molar-refractivity contribution in [2.75, 3.05) is 0 Å². The van der Waals surface area contributed by atoms with Crippen molar-refractivity contribution in [3.63, 3.8) is 0 Å². The zero-order valence-corrected chi connectivity index (χ0v) is 11.3. The van der Waals surface area contributed by atoms with Gasteiger partial charge in [-0.3, -0.25) is 0 Å². The van der Waals surface area contributed by atoms with Crippen molar-refractivity contribution in [1.82, 2.24) is 9.97 Å². The summed E-state index contributed by atoms with van der Waals surface area (Å²) < 4.78 is 5.78. The molecule has 1 heterocycles. The van der Waals surface area contributed by atoms with E-state index in [-0.39, 0.29) is 5.56 Å². The third kappa shape index (κ3) is 2.41. The summed E-state index contributed by atoms with van der Waals surface area (Å²) in [7, 11) is 0. The van der Waals surface area contributed by atoms with Gasteiger partial charge in [0.05, 0.1) is 10.9 Å². The van der Waals surface area contributed by atoms with E-state index in [1.54, 1.807) is 19.1 Å². The van der Waals surface area contributed by atoms with Crippen LogP contribution in [-0.4, -0.2) is 21.0 Å². The lowest BCUT2D eigenvalue weighted by Crippen LogP contribution is -2.02. The number of hydrogen-bond donors (Lipinski definition) is 1. The summed E-state index contributed by atoms with van der Waals surface area (Å²) >= 11 is 0. The Labute approximate surface area is 120 Å². The van der Waals surface area contributed by atoms with E-state index in [0.29, 0.717) is 11.6 Å². The Hall–Kier alpha value is -2.95. The average molecular weight is 280 g/mol. The lowest BCUT2D eigenvalue weighted by molar-refractivity contribution is 0.0694. The highest BCUT2D eigenvalue weighted by atomic mass is 16.5. The Morgan fingerprint density at radius 1 is 1.10 bits per heavy atom. The predicted molar refractivity (Wildman–Crippen MR) is 77.8 cm³/mol. The van der Waals surface area contributed by atoms with Crippen LogP contribution in [0.3, 0.4) is 0 Å². The maximum atomic E-state index is 11.3. The molecule has 0 atom stereocenters.